The highest BCUT2D eigenvalue weighted by Gasteiger charge is 2.06. The van der Waals surface area contributed by atoms with Crippen molar-refractivity contribution in [3.8, 4) is 22.3 Å². The van der Waals surface area contributed by atoms with Gasteiger partial charge in [-0.25, -0.2) is 10.1 Å². The molecule has 0 aliphatic rings. The molecule has 4 aromatic rings. The monoisotopic (exact) mass is 295 g/mol. The minimum Gasteiger partial charge on any atom is -0.431 e. The van der Waals surface area contributed by atoms with E-state index in [0.29, 0.717) is 11.0 Å². The number of aromatic nitrogens is 5. The lowest BCUT2D eigenvalue weighted by Crippen LogP contribution is -1.84. The Hall–Kier alpha value is -2.80. The van der Waals surface area contributed by atoms with Crippen LogP contribution in [0.25, 0.3) is 21.6 Å². The SMILES string of the molecule is c1ccc2sc(Oc3ccc(-c4nnn[nH]4)cc3)nc2c1. The third-order valence-electron chi connectivity index (χ3n) is 2.95. The lowest BCUT2D eigenvalue weighted by Gasteiger charge is -2.01. The topological polar surface area (TPSA) is 76.6 Å². The highest BCUT2D eigenvalue weighted by atomic mass is 32.1. The third-order valence-corrected chi connectivity index (χ3v) is 3.87. The van der Waals surface area contributed by atoms with Gasteiger partial charge in [0.25, 0.3) is 5.19 Å². The van der Waals surface area contributed by atoms with Gasteiger partial charge in [-0.3, -0.25) is 0 Å². The highest BCUT2D eigenvalue weighted by Crippen LogP contribution is 2.31. The van der Waals surface area contributed by atoms with Crippen molar-refractivity contribution in [2.45, 2.75) is 0 Å². The average molecular weight is 295 g/mol. The molecule has 0 amide bonds. The maximum absolute atomic E-state index is 5.78. The Morgan fingerprint density at radius 2 is 1.86 bits per heavy atom. The molecule has 0 atom stereocenters. The molecule has 2 aromatic carbocycles. The predicted molar refractivity (Wildman–Crippen MR) is 79.3 cm³/mol. The van der Waals surface area contributed by atoms with Crippen LogP contribution < -0.4 is 4.74 Å². The standard InChI is InChI=1S/C14H9N5OS/c1-2-4-12-11(3-1)15-14(21-12)20-10-7-5-9(6-8-10)13-16-18-19-17-13/h1-8H,(H,16,17,18,19). The first kappa shape index (κ1) is 12.0. The molecule has 1 N–H and O–H groups in total. The Morgan fingerprint density at radius 1 is 1.00 bits per heavy atom. The molecule has 21 heavy (non-hydrogen) atoms. The summed E-state index contributed by atoms with van der Waals surface area (Å²) in [5.41, 5.74) is 1.85. The molecule has 4 rings (SSSR count). The van der Waals surface area contributed by atoms with Crippen LogP contribution >= 0.6 is 11.3 Å². The predicted octanol–water partition coefficient (Wildman–Crippen LogP) is 3.27. The van der Waals surface area contributed by atoms with Crippen molar-refractivity contribution < 1.29 is 4.74 Å². The van der Waals surface area contributed by atoms with E-state index in [0.717, 1.165) is 21.5 Å². The van der Waals surface area contributed by atoms with Crippen LogP contribution in [0.2, 0.25) is 0 Å². The minimum absolute atomic E-state index is 0.626. The number of thiazole rings is 1. The van der Waals surface area contributed by atoms with Crippen molar-refractivity contribution in [1.82, 2.24) is 25.6 Å². The number of tetrazole rings is 1. The van der Waals surface area contributed by atoms with Crippen molar-refractivity contribution in [1.29, 1.82) is 0 Å². The Kier molecular flexibility index (Phi) is 2.82. The van der Waals surface area contributed by atoms with Crippen LogP contribution in [0.1, 0.15) is 0 Å². The Bertz CT molecular complexity index is 837. The molecular formula is C14H9N5OS. The zero-order chi connectivity index (χ0) is 14.1. The number of aromatic amines is 1. The largest absolute Gasteiger partial charge is 0.431 e. The van der Waals surface area contributed by atoms with E-state index in [1.54, 1.807) is 0 Å². The quantitative estimate of drug-likeness (QED) is 0.627. The number of fused-ring (bicyclic) bond motifs is 1. The van der Waals surface area contributed by atoms with Gasteiger partial charge < -0.3 is 4.74 Å². The normalized spacial score (nSPS) is 10.9. The zero-order valence-corrected chi connectivity index (χ0v) is 11.5. The van der Waals surface area contributed by atoms with Gasteiger partial charge in [0.2, 0.25) is 0 Å². The van der Waals surface area contributed by atoms with Crippen LogP contribution in [0, 0.1) is 0 Å². The molecule has 7 heteroatoms. The van der Waals surface area contributed by atoms with Crippen LogP contribution in [0.5, 0.6) is 10.9 Å². The summed E-state index contributed by atoms with van der Waals surface area (Å²) in [6, 6.07) is 15.5. The lowest BCUT2D eigenvalue weighted by atomic mass is 10.2. The molecule has 102 valence electrons. The second-order valence-electron chi connectivity index (χ2n) is 4.32. The molecule has 0 fully saturated rings. The average Bonchev–Trinajstić information content (AvgIpc) is 3.17. The summed E-state index contributed by atoms with van der Waals surface area (Å²) in [6.45, 7) is 0. The fourth-order valence-electron chi connectivity index (χ4n) is 1.96. The number of benzene rings is 2. The fraction of sp³-hybridized carbons (Fsp3) is 0. The molecule has 0 spiro atoms. The Labute approximate surface area is 123 Å². The van der Waals surface area contributed by atoms with Gasteiger partial charge in [0, 0.05) is 5.56 Å². The van der Waals surface area contributed by atoms with Crippen LogP contribution in [-0.2, 0) is 0 Å². The fourth-order valence-corrected chi connectivity index (χ4v) is 2.79. The van der Waals surface area contributed by atoms with Gasteiger partial charge in [0.15, 0.2) is 5.82 Å². The summed E-state index contributed by atoms with van der Waals surface area (Å²) < 4.78 is 6.89. The van der Waals surface area contributed by atoms with E-state index < -0.39 is 0 Å². The molecule has 0 bridgehead atoms. The van der Waals surface area contributed by atoms with Gasteiger partial charge in [-0.2, -0.15) is 0 Å². The van der Waals surface area contributed by atoms with Gasteiger partial charge >= 0.3 is 0 Å². The second-order valence-corrected chi connectivity index (χ2v) is 5.32. The van der Waals surface area contributed by atoms with Gasteiger partial charge in [-0.15, -0.1) is 5.10 Å². The Balaban J connectivity index is 1.59. The number of H-pyrrole nitrogens is 1. The van der Waals surface area contributed by atoms with E-state index in [4.69, 9.17) is 4.74 Å². The number of hydrogen-bond donors (Lipinski definition) is 1. The van der Waals surface area contributed by atoms with Crippen LogP contribution in [-0.4, -0.2) is 25.6 Å². The molecule has 0 unspecified atom stereocenters. The van der Waals surface area contributed by atoms with Crippen molar-refractivity contribution in [3.05, 3.63) is 48.5 Å². The van der Waals surface area contributed by atoms with Crippen molar-refractivity contribution in [2.75, 3.05) is 0 Å². The summed E-state index contributed by atoms with van der Waals surface area (Å²) in [7, 11) is 0. The molecule has 0 saturated heterocycles. The van der Waals surface area contributed by atoms with Crippen LogP contribution in [0.3, 0.4) is 0 Å². The second kappa shape index (κ2) is 4.95. The Morgan fingerprint density at radius 3 is 2.62 bits per heavy atom. The van der Waals surface area contributed by atoms with E-state index in [1.807, 2.05) is 48.5 Å². The summed E-state index contributed by atoms with van der Waals surface area (Å²) in [4.78, 5) is 4.44. The summed E-state index contributed by atoms with van der Waals surface area (Å²) >= 11 is 1.52. The van der Waals surface area contributed by atoms with E-state index in [9.17, 15) is 0 Å². The van der Waals surface area contributed by atoms with Crippen molar-refractivity contribution >= 4 is 21.6 Å². The van der Waals surface area contributed by atoms with Crippen LogP contribution in [0.15, 0.2) is 48.5 Å². The van der Waals surface area contributed by atoms with Crippen molar-refractivity contribution in [3.63, 3.8) is 0 Å². The summed E-state index contributed by atoms with van der Waals surface area (Å²) in [5, 5.41) is 14.3. The number of para-hydroxylation sites is 1. The first-order chi connectivity index (χ1) is 10.4. The van der Waals surface area contributed by atoms with Gasteiger partial charge in [-0.05, 0) is 46.8 Å². The van der Waals surface area contributed by atoms with Crippen molar-refractivity contribution in [2.24, 2.45) is 0 Å². The molecule has 0 radical (unpaired) electrons. The molecule has 0 aliphatic heterocycles. The first-order valence-electron chi connectivity index (χ1n) is 6.26. The maximum atomic E-state index is 5.78. The zero-order valence-electron chi connectivity index (χ0n) is 10.7. The minimum atomic E-state index is 0.626. The molecule has 0 saturated carbocycles. The van der Waals surface area contributed by atoms with Gasteiger partial charge in [0.05, 0.1) is 10.2 Å². The number of nitrogens with zero attached hydrogens (tertiary/aromatic N) is 4. The first-order valence-corrected chi connectivity index (χ1v) is 7.08. The van der Waals surface area contributed by atoms with E-state index in [2.05, 4.69) is 25.6 Å². The maximum Gasteiger partial charge on any atom is 0.279 e. The smallest absolute Gasteiger partial charge is 0.279 e. The number of rotatable bonds is 3. The van der Waals surface area contributed by atoms with E-state index in [-0.39, 0.29) is 0 Å². The molecular weight excluding hydrogens is 286 g/mol. The van der Waals surface area contributed by atoms with E-state index in [1.165, 1.54) is 11.3 Å². The summed E-state index contributed by atoms with van der Waals surface area (Å²) in [6.07, 6.45) is 0. The van der Waals surface area contributed by atoms with Gasteiger partial charge in [-0.1, -0.05) is 23.5 Å². The third kappa shape index (κ3) is 2.34. The molecule has 2 aromatic heterocycles. The molecule has 2 heterocycles. The molecule has 0 aliphatic carbocycles. The van der Waals surface area contributed by atoms with Gasteiger partial charge in [0.1, 0.15) is 5.75 Å². The molecule has 6 nitrogen and oxygen atoms in total. The number of nitrogens with one attached hydrogen (secondary N) is 1. The highest BCUT2D eigenvalue weighted by molar-refractivity contribution is 7.20. The lowest BCUT2D eigenvalue weighted by molar-refractivity contribution is 0.480. The van der Waals surface area contributed by atoms with E-state index >= 15 is 0 Å². The van der Waals surface area contributed by atoms with Crippen LogP contribution in [0.4, 0.5) is 0 Å². The number of hydrogen-bond acceptors (Lipinski definition) is 6. The summed E-state index contributed by atoms with van der Waals surface area (Å²) in [5.74, 6) is 1.35. The number of ether oxygens (including phenoxy) is 1.